The second-order valence-corrected chi connectivity index (χ2v) is 4.40. The molecule has 3 N–H and O–H groups in total. The van der Waals surface area contributed by atoms with Crippen molar-refractivity contribution in [3.05, 3.63) is 42.5 Å². The summed E-state index contributed by atoms with van der Waals surface area (Å²) in [5.41, 5.74) is 6.98. The Morgan fingerprint density at radius 1 is 1.45 bits per heavy atom. The van der Waals surface area contributed by atoms with Crippen LogP contribution in [0.2, 0.25) is 0 Å². The van der Waals surface area contributed by atoms with Crippen molar-refractivity contribution in [3.63, 3.8) is 0 Å². The number of nitrogens with zero attached hydrogens (tertiary/aromatic N) is 1. The van der Waals surface area contributed by atoms with Gasteiger partial charge in [0.25, 0.3) is 0 Å². The monoisotopic (exact) mass is 389 g/mol. The molecule has 0 heterocycles. The fourth-order valence-corrected chi connectivity index (χ4v) is 1.71. The molecular formula is C15H24IN3O. The van der Waals surface area contributed by atoms with Crippen LogP contribution in [0, 0.1) is 0 Å². The molecule has 0 aliphatic heterocycles. The van der Waals surface area contributed by atoms with Crippen LogP contribution in [0.4, 0.5) is 0 Å². The lowest BCUT2D eigenvalue weighted by molar-refractivity contribution is 0.414. The lowest BCUT2D eigenvalue weighted by Gasteiger charge is -2.11. The first-order valence-electron chi connectivity index (χ1n) is 6.46. The highest BCUT2D eigenvalue weighted by Crippen LogP contribution is 2.21. The molecule has 1 atom stereocenters. The largest absolute Gasteiger partial charge is 0.497 e. The van der Waals surface area contributed by atoms with Crippen LogP contribution in [0.25, 0.3) is 0 Å². The predicted octanol–water partition coefficient (Wildman–Crippen LogP) is 2.90. The Morgan fingerprint density at radius 2 is 2.10 bits per heavy atom. The minimum Gasteiger partial charge on any atom is -0.497 e. The molecule has 0 saturated heterocycles. The molecule has 0 bridgehead atoms. The third-order valence-electron chi connectivity index (χ3n) is 2.96. The van der Waals surface area contributed by atoms with E-state index in [1.54, 1.807) is 13.2 Å². The number of rotatable bonds is 7. The second-order valence-electron chi connectivity index (χ2n) is 4.40. The predicted molar refractivity (Wildman–Crippen MR) is 96.1 cm³/mol. The molecule has 0 amide bonds. The SMILES string of the molecule is C=CCNC(N)=NCCC(C)c1ccc(OC)cc1.I. The molecule has 1 unspecified atom stereocenters. The van der Waals surface area contributed by atoms with E-state index in [2.05, 4.69) is 35.9 Å². The molecule has 0 saturated carbocycles. The van der Waals surface area contributed by atoms with Gasteiger partial charge in [0.1, 0.15) is 5.75 Å². The summed E-state index contributed by atoms with van der Waals surface area (Å²) in [6, 6.07) is 8.14. The summed E-state index contributed by atoms with van der Waals surface area (Å²) in [6.45, 7) is 7.15. The van der Waals surface area contributed by atoms with Gasteiger partial charge in [-0.05, 0) is 30.0 Å². The number of halogens is 1. The Bertz CT molecular complexity index is 418. The van der Waals surface area contributed by atoms with Crippen LogP contribution < -0.4 is 15.8 Å². The smallest absolute Gasteiger partial charge is 0.188 e. The first kappa shape index (κ1) is 18.8. The summed E-state index contributed by atoms with van der Waals surface area (Å²) in [4.78, 5) is 4.27. The first-order valence-corrected chi connectivity index (χ1v) is 6.46. The van der Waals surface area contributed by atoms with Crippen LogP contribution in [-0.4, -0.2) is 26.2 Å². The topological polar surface area (TPSA) is 59.6 Å². The van der Waals surface area contributed by atoms with Gasteiger partial charge in [0, 0.05) is 13.1 Å². The molecule has 0 aromatic heterocycles. The Labute approximate surface area is 138 Å². The average molecular weight is 389 g/mol. The van der Waals surface area contributed by atoms with E-state index in [9.17, 15) is 0 Å². The van der Waals surface area contributed by atoms with Gasteiger partial charge in [-0.2, -0.15) is 0 Å². The molecule has 0 spiro atoms. The third kappa shape index (κ3) is 6.79. The number of benzene rings is 1. The summed E-state index contributed by atoms with van der Waals surface area (Å²) in [5, 5.41) is 2.95. The van der Waals surface area contributed by atoms with E-state index >= 15 is 0 Å². The number of guanidine groups is 1. The number of methoxy groups -OCH3 is 1. The highest BCUT2D eigenvalue weighted by Gasteiger charge is 2.05. The van der Waals surface area contributed by atoms with Crippen molar-refractivity contribution in [2.24, 2.45) is 10.7 Å². The van der Waals surface area contributed by atoms with Crippen LogP contribution in [0.15, 0.2) is 41.9 Å². The Kier molecular flexibility index (Phi) is 9.88. The maximum absolute atomic E-state index is 5.70. The second kappa shape index (κ2) is 10.5. The van der Waals surface area contributed by atoms with E-state index in [0.717, 1.165) is 12.2 Å². The summed E-state index contributed by atoms with van der Waals surface area (Å²) < 4.78 is 5.14. The minimum atomic E-state index is 0. The summed E-state index contributed by atoms with van der Waals surface area (Å²) in [6.07, 6.45) is 2.71. The van der Waals surface area contributed by atoms with Crippen LogP contribution in [0.3, 0.4) is 0 Å². The quantitative estimate of drug-likeness (QED) is 0.326. The van der Waals surface area contributed by atoms with Crippen LogP contribution in [0.5, 0.6) is 5.75 Å². The van der Waals surface area contributed by atoms with Crippen molar-refractivity contribution >= 4 is 29.9 Å². The van der Waals surface area contributed by atoms with Gasteiger partial charge in [-0.3, -0.25) is 4.99 Å². The van der Waals surface area contributed by atoms with Crippen LogP contribution in [0.1, 0.15) is 24.8 Å². The Morgan fingerprint density at radius 3 is 2.65 bits per heavy atom. The molecule has 5 heteroatoms. The van der Waals surface area contributed by atoms with Gasteiger partial charge in [-0.1, -0.05) is 25.1 Å². The van der Waals surface area contributed by atoms with Crippen LogP contribution in [-0.2, 0) is 0 Å². The zero-order chi connectivity index (χ0) is 14.1. The maximum atomic E-state index is 5.70. The van der Waals surface area contributed by atoms with E-state index in [1.807, 2.05) is 12.1 Å². The number of hydrogen-bond donors (Lipinski definition) is 2. The first-order chi connectivity index (χ1) is 9.17. The van der Waals surface area contributed by atoms with E-state index in [-0.39, 0.29) is 24.0 Å². The van der Waals surface area contributed by atoms with Crippen molar-refractivity contribution in [2.75, 3.05) is 20.2 Å². The molecule has 1 rings (SSSR count). The van der Waals surface area contributed by atoms with Crippen molar-refractivity contribution in [2.45, 2.75) is 19.3 Å². The number of ether oxygens (including phenoxy) is 1. The van der Waals surface area contributed by atoms with Crippen LogP contribution >= 0.6 is 24.0 Å². The standard InChI is InChI=1S/C15H23N3O.HI/c1-4-10-17-15(16)18-11-9-12(2)13-5-7-14(19-3)8-6-13;/h4-8,12H,1,9-11H2,2-3H3,(H3,16,17,18);1H. The van der Waals surface area contributed by atoms with Gasteiger partial charge >= 0.3 is 0 Å². The zero-order valence-electron chi connectivity index (χ0n) is 12.1. The summed E-state index contributed by atoms with van der Waals surface area (Å²) in [5.74, 6) is 1.80. The van der Waals surface area contributed by atoms with E-state index in [4.69, 9.17) is 10.5 Å². The average Bonchev–Trinajstić information content (AvgIpc) is 2.45. The van der Waals surface area contributed by atoms with Crippen molar-refractivity contribution in [1.82, 2.24) is 5.32 Å². The van der Waals surface area contributed by atoms with Gasteiger partial charge in [0.15, 0.2) is 5.96 Å². The molecule has 4 nitrogen and oxygen atoms in total. The molecule has 20 heavy (non-hydrogen) atoms. The molecule has 112 valence electrons. The molecule has 0 fully saturated rings. The highest BCUT2D eigenvalue weighted by molar-refractivity contribution is 14.0. The lowest BCUT2D eigenvalue weighted by Crippen LogP contribution is -2.31. The Hall–Kier alpha value is -1.24. The summed E-state index contributed by atoms with van der Waals surface area (Å²) >= 11 is 0. The van der Waals surface area contributed by atoms with E-state index in [1.165, 1.54) is 5.56 Å². The van der Waals surface area contributed by atoms with Gasteiger partial charge in [0.2, 0.25) is 0 Å². The van der Waals surface area contributed by atoms with E-state index < -0.39 is 0 Å². The lowest BCUT2D eigenvalue weighted by atomic mass is 9.98. The number of nitrogens with two attached hydrogens (primary N) is 1. The van der Waals surface area contributed by atoms with Crippen molar-refractivity contribution in [1.29, 1.82) is 0 Å². The molecule has 0 aliphatic carbocycles. The van der Waals surface area contributed by atoms with Gasteiger partial charge in [-0.15, -0.1) is 30.6 Å². The number of nitrogens with one attached hydrogen (secondary N) is 1. The van der Waals surface area contributed by atoms with Crippen molar-refractivity contribution < 1.29 is 4.74 Å². The van der Waals surface area contributed by atoms with Crippen molar-refractivity contribution in [3.8, 4) is 5.75 Å². The van der Waals surface area contributed by atoms with Gasteiger partial charge < -0.3 is 15.8 Å². The molecule has 1 aromatic carbocycles. The third-order valence-corrected chi connectivity index (χ3v) is 2.96. The number of hydrogen-bond acceptors (Lipinski definition) is 2. The molecule has 1 aromatic rings. The zero-order valence-corrected chi connectivity index (χ0v) is 14.5. The molecule has 0 aliphatic rings. The molecule has 0 radical (unpaired) electrons. The maximum Gasteiger partial charge on any atom is 0.188 e. The highest BCUT2D eigenvalue weighted by atomic mass is 127. The Balaban J connectivity index is 0.00000361. The van der Waals surface area contributed by atoms with Gasteiger partial charge in [0.05, 0.1) is 7.11 Å². The fraction of sp³-hybridized carbons (Fsp3) is 0.400. The summed E-state index contributed by atoms with van der Waals surface area (Å²) in [7, 11) is 1.67. The van der Waals surface area contributed by atoms with E-state index in [0.29, 0.717) is 25.0 Å². The minimum absolute atomic E-state index is 0. The number of aliphatic imine (C=N–C) groups is 1. The normalized spacial score (nSPS) is 12.2. The molecular weight excluding hydrogens is 365 g/mol. The van der Waals surface area contributed by atoms with Gasteiger partial charge in [-0.25, -0.2) is 0 Å². The fourth-order valence-electron chi connectivity index (χ4n) is 1.71.